The lowest BCUT2D eigenvalue weighted by molar-refractivity contribution is -0.120. The van der Waals surface area contributed by atoms with E-state index < -0.39 is 17.6 Å². The number of halogens is 2. The SMILES string of the molecule is Cc1ccc(Cl)cc1N1C(=O)C(Nc2cccc(C)c2C)=C(c2ccc(F)cc2)C1=O. The Balaban J connectivity index is 1.88. The summed E-state index contributed by atoms with van der Waals surface area (Å²) in [4.78, 5) is 28.1. The van der Waals surface area contributed by atoms with Gasteiger partial charge in [-0.05, 0) is 73.4 Å². The van der Waals surface area contributed by atoms with E-state index in [2.05, 4.69) is 5.32 Å². The fourth-order valence-corrected chi connectivity index (χ4v) is 3.76. The molecule has 1 aliphatic heterocycles. The number of carbonyl (C=O) groups excluding carboxylic acids is 2. The molecule has 31 heavy (non-hydrogen) atoms. The average Bonchev–Trinajstić information content (AvgIpc) is 2.98. The number of carbonyl (C=O) groups is 2. The van der Waals surface area contributed by atoms with Crippen LogP contribution in [0.15, 0.2) is 66.4 Å². The molecule has 0 fully saturated rings. The molecule has 0 spiro atoms. The maximum Gasteiger partial charge on any atom is 0.282 e. The zero-order chi connectivity index (χ0) is 22.3. The molecule has 0 atom stereocenters. The molecule has 6 heteroatoms. The predicted molar refractivity (Wildman–Crippen MR) is 122 cm³/mol. The van der Waals surface area contributed by atoms with Gasteiger partial charge in [0.15, 0.2) is 0 Å². The first-order valence-electron chi connectivity index (χ1n) is 9.76. The molecule has 0 saturated heterocycles. The van der Waals surface area contributed by atoms with Crippen molar-refractivity contribution in [3.63, 3.8) is 0 Å². The van der Waals surface area contributed by atoms with Gasteiger partial charge in [0.1, 0.15) is 11.5 Å². The van der Waals surface area contributed by atoms with E-state index in [9.17, 15) is 14.0 Å². The van der Waals surface area contributed by atoms with Crippen molar-refractivity contribution in [1.82, 2.24) is 0 Å². The van der Waals surface area contributed by atoms with Crippen molar-refractivity contribution < 1.29 is 14.0 Å². The van der Waals surface area contributed by atoms with Crippen molar-refractivity contribution in [3.8, 4) is 0 Å². The summed E-state index contributed by atoms with van der Waals surface area (Å²) in [6, 6.07) is 16.3. The highest BCUT2D eigenvalue weighted by molar-refractivity contribution is 6.46. The van der Waals surface area contributed by atoms with Crippen LogP contribution in [0.25, 0.3) is 5.57 Å². The van der Waals surface area contributed by atoms with Gasteiger partial charge in [-0.15, -0.1) is 0 Å². The van der Waals surface area contributed by atoms with Crippen molar-refractivity contribution in [2.24, 2.45) is 0 Å². The fraction of sp³-hybridized carbons (Fsp3) is 0.120. The summed E-state index contributed by atoms with van der Waals surface area (Å²) >= 11 is 6.15. The van der Waals surface area contributed by atoms with E-state index in [4.69, 9.17) is 11.6 Å². The topological polar surface area (TPSA) is 49.4 Å². The number of anilines is 2. The lowest BCUT2D eigenvalue weighted by atomic mass is 10.0. The van der Waals surface area contributed by atoms with Gasteiger partial charge >= 0.3 is 0 Å². The van der Waals surface area contributed by atoms with Crippen LogP contribution in [0.2, 0.25) is 5.02 Å². The molecule has 1 N–H and O–H groups in total. The first-order valence-corrected chi connectivity index (χ1v) is 10.1. The number of hydrogen-bond donors (Lipinski definition) is 1. The van der Waals surface area contributed by atoms with Crippen molar-refractivity contribution >= 4 is 40.4 Å². The van der Waals surface area contributed by atoms with E-state index in [1.807, 2.05) is 32.0 Å². The number of imide groups is 1. The highest BCUT2D eigenvalue weighted by atomic mass is 35.5. The summed E-state index contributed by atoms with van der Waals surface area (Å²) < 4.78 is 13.5. The molecule has 1 aliphatic rings. The lowest BCUT2D eigenvalue weighted by Crippen LogP contribution is -2.33. The van der Waals surface area contributed by atoms with Crippen molar-refractivity contribution in [1.29, 1.82) is 0 Å². The molecule has 4 rings (SSSR count). The van der Waals surface area contributed by atoms with Crippen LogP contribution in [-0.2, 0) is 9.59 Å². The standard InChI is InChI=1S/C25H20ClFN2O2/c1-14-5-4-6-20(16(14)3)28-23-22(17-8-11-19(27)12-9-17)24(30)29(25(23)31)21-13-18(26)10-7-15(21)2/h4-13,28H,1-3H3. The minimum atomic E-state index is -0.491. The first kappa shape index (κ1) is 20.8. The minimum absolute atomic E-state index is 0.143. The summed E-state index contributed by atoms with van der Waals surface area (Å²) in [5, 5.41) is 3.59. The van der Waals surface area contributed by atoms with Crippen LogP contribution in [-0.4, -0.2) is 11.8 Å². The van der Waals surface area contributed by atoms with Crippen molar-refractivity contribution in [2.45, 2.75) is 20.8 Å². The van der Waals surface area contributed by atoms with Crippen LogP contribution in [0, 0.1) is 26.6 Å². The smallest absolute Gasteiger partial charge is 0.282 e. The van der Waals surface area contributed by atoms with Gasteiger partial charge in [-0.25, -0.2) is 9.29 Å². The third kappa shape index (κ3) is 3.73. The second-order valence-electron chi connectivity index (χ2n) is 7.51. The monoisotopic (exact) mass is 434 g/mol. The van der Waals surface area contributed by atoms with E-state index in [1.54, 1.807) is 25.1 Å². The molecule has 3 aromatic rings. The van der Waals surface area contributed by atoms with Gasteiger partial charge in [0, 0.05) is 10.7 Å². The van der Waals surface area contributed by atoms with E-state index >= 15 is 0 Å². The Kier molecular flexibility index (Phi) is 5.38. The molecule has 0 bridgehead atoms. The molecule has 0 saturated carbocycles. The molecular weight excluding hydrogens is 415 g/mol. The van der Waals surface area contributed by atoms with Crippen LogP contribution in [0.4, 0.5) is 15.8 Å². The fourth-order valence-electron chi connectivity index (χ4n) is 3.59. The predicted octanol–water partition coefficient (Wildman–Crippen LogP) is 5.80. The molecule has 2 amide bonds. The second-order valence-corrected chi connectivity index (χ2v) is 7.94. The van der Waals surface area contributed by atoms with Gasteiger partial charge in [-0.1, -0.05) is 41.9 Å². The number of hydrogen-bond acceptors (Lipinski definition) is 3. The van der Waals surface area contributed by atoms with Crippen molar-refractivity contribution in [3.05, 3.63) is 99.5 Å². The summed E-state index contributed by atoms with van der Waals surface area (Å²) in [6.45, 7) is 5.72. The van der Waals surface area contributed by atoms with Gasteiger partial charge in [0.05, 0.1) is 11.3 Å². The summed E-state index contributed by atoms with van der Waals surface area (Å²) in [5.74, 6) is -1.40. The molecular formula is C25H20ClFN2O2. The molecule has 4 nitrogen and oxygen atoms in total. The third-order valence-corrected chi connectivity index (χ3v) is 5.73. The van der Waals surface area contributed by atoms with Gasteiger partial charge in [0.2, 0.25) is 0 Å². The maximum absolute atomic E-state index is 13.5. The number of rotatable bonds is 4. The average molecular weight is 435 g/mol. The summed E-state index contributed by atoms with van der Waals surface area (Å²) in [6.07, 6.45) is 0. The summed E-state index contributed by atoms with van der Waals surface area (Å²) in [7, 11) is 0. The molecule has 0 aliphatic carbocycles. The second kappa shape index (κ2) is 8.00. The van der Waals surface area contributed by atoms with Gasteiger partial charge in [-0.3, -0.25) is 9.59 Å². The Labute approximate surface area is 185 Å². The lowest BCUT2D eigenvalue weighted by Gasteiger charge is -2.18. The van der Waals surface area contributed by atoms with Crippen LogP contribution in [0.5, 0.6) is 0 Å². The number of nitrogens with one attached hydrogen (secondary N) is 1. The van der Waals surface area contributed by atoms with Crippen LogP contribution >= 0.6 is 11.6 Å². The van der Waals surface area contributed by atoms with Crippen LogP contribution in [0.3, 0.4) is 0 Å². The molecule has 156 valence electrons. The third-order valence-electron chi connectivity index (χ3n) is 5.49. The maximum atomic E-state index is 13.5. The molecule has 3 aromatic carbocycles. The molecule has 0 radical (unpaired) electrons. The Morgan fingerprint density at radius 1 is 0.871 bits per heavy atom. The Morgan fingerprint density at radius 2 is 1.58 bits per heavy atom. The Hall–Kier alpha value is -3.44. The van der Waals surface area contributed by atoms with Crippen LogP contribution < -0.4 is 10.2 Å². The Morgan fingerprint density at radius 3 is 2.29 bits per heavy atom. The highest BCUT2D eigenvalue weighted by Crippen LogP contribution is 2.36. The molecule has 0 unspecified atom stereocenters. The van der Waals surface area contributed by atoms with E-state index in [1.165, 1.54) is 24.3 Å². The zero-order valence-electron chi connectivity index (χ0n) is 17.3. The van der Waals surface area contributed by atoms with E-state index in [-0.39, 0.29) is 11.3 Å². The van der Waals surface area contributed by atoms with Gasteiger partial charge < -0.3 is 5.32 Å². The van der Waals surface area contributed by atoms with Crippen molar-refractivity contribution in [2.75, 3.05) is 10.2 Å². The molecule has 0 aromatic heterocycles. The largest absolute Gasteiger partial charge is 0.350 e. The summed E-state index contributed by atoms with van der Waals surface area (Å²) in [5.41, 5.74) is 4.67. The van der Waals surface area contributed by atoms with E-state index in [0.29, 0.717) is 16.3 Å². The van der Waals surface area contributed by atoms with E-state index in [0.717, 1.165) is 27.3 Å². The quantitative estimate of drug-likeness (QED) is 0.528. The first-order chi connectivity index (χ1) is 14.8. The highest BCUT2D eigenvalue weighted by Gasteiger charge is 2.41. The zero-order valence-corrected chi connectivity index (χ0v) is 18.0. The molecule has 1 heterocycles. The van der Waals surface area contributed by atoms with Gasteiger partial charge in [0.25, 0.3) is 11.8 Å². The normalized spacial score (nSPS) is 13.9. The Bertz CT molecular complexity index is 1250. The van der Waals surface area contributed by atoms with Crippen LogP contribution in [0.1, 0.15) is 22.3 Å². The van der Waals surface area contributed by atoms with Gasteiger partial charge in [-0.2, -0.15) is 0 Å². The number of benzene rings is 3. The number of nitrogens with zero attached hydrogens (tertiary/aromatic N) is 1. The number of aryl methyl sites for hydroxylation is 2. The minimum Gasteiger partial charge on any atom is -0.350 e. The number of amides is 2.